The topological polar surface area (TPSA) is 82.0 Å². The number of aliphatic imine (C=N–C) groups is 1. The van der Waals surface area contributed by atoms with E-state index in [-0.39, 0.29) is 11.8 Å². The highest BCUT2D eigenvalue weighted by Crippen LogP contribution is 2.27. The Bertz CT molecular complexity index is 1180. The Labute approximate surface area is 210 Å². The first kappa shape index (κ1) is 24.8. The number of fused-ring (bicyclic) bond motifs is 1. The Balaban J connectivity index is 1.67. The van der Waals surface area contributed by atoms with Crippen molar-refractivity contribution in [2.24, 2.45) is 10.9 Å². The Morgan fingerprint density at radius 1 is 1.11 bits per heavy atom. The highest BCUT2D eigenvalue weighted by molar-refractivity contribution is 7.09. The third-order valence-corrected chi connectivity index (χ3v) is 7.22. The molecule has 0 spiro atoms. The lowest BCUT2D eigenvalue weighted by Gasteiger charge is -2.25. The normalized spacial score (nSPS) is 17.2. The molecule has 3 atom stereocenters. The van der Waals surface area contributed by atoms with Gasteiger partial charge in [0.2, 0.25) is 12.1 Å². The van der Waals surface area contributed by atoms with Gasteiger partial charge >= 0.3 is 0 Å². The number of rotatable bonds is 9. The number of amides is 2. The maximum absolute atomic E-state index is 13.5. The van der Waals surface area contributed by atoms with Crippen molar-refractivity contribution >= 4 is 34.6 Å². The highest BCUT2D eigenvalue weighted by Gasteiger charge is 2.34. The zero-order valence-corrected chi connectivity index (χ0v) is 20.9. The molecule has 0 saturated carbocycles. The summed E-state index contributed by atoms with van der Waals surface area (Å²) >= 11 is 1.56. The van der Waals surface area contributed by atoms with E-state index in [0.29, 0.717) is 18.6 Å². The second-order valence-corrected chi connectivity index (χ2v) is 9.80. The number of hydrogen-bond acceptors (Lipinski definition) is 5. The number of thiophene rings is 1. The summed E-state index contributed by atoms with van der Waals surface area (Å²) in [5, 5.41) is 15.7. The number of nitrogens with one attached hydrogen (secondary N) is 1. The third kappa shape index (κ3) is 5.69. The molecule has 3 aromatic rings. The van der Waals surface area contributed by atoms with E-state index in [1.807, 2.05) is 72.1 Å². The first-order valence-electron chi connectivity index (χ1n) is 12.0. The summed E-state index contributed by atoms with van der Waals surface area (Å²) in [4.78, 5) is 34.3. The standard InChI is InChI=1S/C28H31N3O3S/c1-3-4-16-24(32)22(18-20-13-10-17-35-20)27(33)30-26-28(34)31(2)23-15-9-8-14-21(23)25(29-26)19-11-6-5-7-12-19/h5-15,17,22,24,26,32H,3-4,16,18H2,1-2H3,(H,30,33)/t22?,24?,26-/m1/s1. The van der Waals surface area contributed by atoms with E-state index in [0.717, 1.165) is 34.5 Å². The third-order valence-electron chi connectivity index (χ3n) is 6.33. The number of hydrogen-bond donors (Lipinski definition) is 2. The van der Waals surface area contributed by atoms with Crippen LogP contribution in [0.15, 0.2) is 77.1 Å². The molecule has 1 aliphatic rings. The average Bonchev–Trinajstić information content (AvgIpc) is 3.38. The molecule has 2 unspecified atom stereocenters. The maximum Gasteiger partial charge on any atom is 0.272 e. The molecular formula is C28H31N3O3S. The van der Waals surface area contributed by atoms with E-state index in [9.17, 15) is 14.7 Å². The molecule has 7 heteroatoms. The summed E-state index contributed by atoms with van der Waals surface area (Å²) in [6, 6.07) is 21.2. The van der Waals surface area contributed by atoms with Crippen LogP contribution in [0.3, 0.4) is 0 Å². The molecule has 35 heavy (non-hydrogen) atoms. The van der Waals surface area contributed by atoms with Crippen LogP contribution in [-0.2, 0) is 16.0 Å². The van der Waals surface area contributed by atoms with Crippen molar-refractivity contribution in [3.05, 3.63) is 88.1 Å². The van der Waals surface area contributed by atoms with Crippen molar-refractivity contribution < 1.29 is 14.7 Å². The van der Waals surface area contributed by atoms with E-state index in [2.05, 4.69) is 12.2 Å². The predicted octanol–water partition coefficient (Wildman–Crippen LogP) is 4.41. The molecule has 182 valence electrons. The van der Waals surface area contributed by atoms with Gasteiger partial charge in [0, 0.05) is 23.1 Å². The molecule has 2 amide bonds. The van der Waals surface area contributed by atoms with E-state index in [1.165, 1.54) is 0 Å². The molecule has 0 radical (unpaired) electrons. The number of aliphatic hydroxyl groups excluding tert-OH is 1. The Morgan fingerprint density at radius 2 is 1.86 bits per heavy atom. The molecule has 6 nitrogen and oxygen atoms in total. The van der Waals surface area contributed by atoms with Crippen molar-refractivity contribution in [2.75, 3.05) is 11.9 Å². The van der Waals surface area contributed by atoms with Crippen molar-refractivity contribution in [2.45, 2.75) is 44.9 Å². The summed E-state index contributed by atoms with van der Waals surface area (Å²) in [5.74, 6) is -1.36. The van der Waals surface area contributed by atoms with Crippen LogP contribution in [0, 0.1) is 5.92 Å². The number of nitrogens with zero attached hydrogens (tertiary/aromatic N) is 2. The first-order chi connectivity index (χ1) is 17.0. The summed E-state index contributed by atoms with van der Waals surface area (Å²) in [6.45, 7) is 2.05. The van der Waals surface area contributed by atoms with Crippen LogP contribution >= 0.6 is 11.3 Å². The van der Waals surface area contributed by atoms with Gasteiger partial charge in [-0.05, 0) is 30.4 Å². The van der Waals surface area contributed by atoms with Gasteiger partial charge in [-0.2, -0.15) is 0 Å². The fraction of sp³-hybridized carbons (Fsp3) is 0.321. The van der Waals surface area contributed by atoms with Crippen LogP contribution in [0.5, 0.6) is 0 Å². The highest BCUT2D eigenvalue weighted by atomic mass is 32.1. The van der Waals surface area contributed by atoms with E-state index in [1.54, 1.807) is 23.3 Å². The Kier molecular flexibility index (Phi) is 8.10. The average molecular weight is 490 g/mol. The van der Waals surface area contributed by atoms with Crippen LogP contribution in [0.25, 0.3) is 0 Å². The van der Waals surface area contributed by atoms with Crippen molar-refractivity contribution in [1.82, 2.24) is 5.32 Å². The zero-order valence-electron chi connectivity index (χ0n) is 20.1. The smallest absolute Gasteiger partial charge is 0.272 e. The molecule has 4 rings (SSSR count). The maximum atomic E-state index is 13.5. The number of benzodiazepines with no additional fused rings is 1. The minimum Gasteiger partial charge on any atom is -0.392 e. The van der Waals surface area contributed by atoms with E-state index < -0.39 is 18.2 Å². The molecule has 0 aliphatic carbocycles. The predicted molar refractivity (Wildman–Crippen MR) is 141 cm³/mol. The molecule has 2 aromatic carbocycles. The molecule has 2 N–H and O–H groups in total. The molecular weight excluding hydrogens is 458 g/mol. The number of aliphatic hydroxyl groups is 1. The lowest BCUT2D eigenvalue weighted by Crippen LogP contribution is -2.50. The number of carbonyl (C=O) groups excluding carboxylic acids is 2. The molecule has 2 heterocycles. The van der Waals surface area contributed by atoms with Gasteiger partial charge in [0.15, 0.2) is 0 Å². The van der Waals surface area contributed by atoms with Gasteiger partial charge in [-0.1, -0.05) is 74.4 Å². The quantitative estimate of drug-likeness (QED) is 0.467. The van der Waals surface area contributed by atoms with Crippen LogP contribution in [-0.4, -0.2) is 41.9 Å². The summed E-state index contributed by atoms with van der Waals surface area (Å²) in [6.07, 6.45) is 0.804. The van der Waals surface area contributed by atoms with Gasteiger partial charge in [-0.3, -0.25) is 9.59 Å². The van der Waals surface area contributed by atoms with Gasteiger partial charge in [0.05, 0.1) is 23.4 Å². The van der Waals surface area contributed by atoms with E-state index in [4.69, 9.17) is 4.99 Å². The summed E-state index contributed by atoms with van der Waals surface area (Å²) in [7, 11) is 1.70. The van der Waals surface area contributed by atoms with Crippen LogP contribution in [0.1, 0.15) is 42.2 Å². The number of para-hydroxylation sites is 1. The Morgan fingerprint density at radius 3 is 2.57 bits per heavy atom. The van der Waals surface area contributed by atoms with Crippen molar-refractivity contribution in [3.63, 3.8) is 0 Å². The number of benzene rings is 2. The molecule has 1 aliphatic heterocycles. The fourth-order valence-electron chi connectivity index (χ4n) is 4.35. The van der Waals surface area contributed by atoms with Crippen LogP contribution in [0.2, 0.25) is 0 Å². The Hall–Kier alpha value is -3.29. The summed E-state index contributed by atoms with van der Waals surface area (Å²) < 4.78 is 0. The number of carbonyl (C=O) groups is 2. The van der Waals surface area contributed by atoms with Gasteiger partial charge < -0.3 is 15.3 Å². The lowest BCUT2D eigenvalue weighted by atomic mass is 9.93. The minimum atomic E-state index is -1.10. The summed E-state index contributed by atoms with van der Waals surface area (Å²) in [5.41, 5.74) is 3.06. The van der Waals surface area contributed by atoms with Gasteiger partial charge in [-0.25, -0.2) is 4.99 Å². The van der Waals surface area contributed by atoms with Crippen molar-refractivity contribution in [3.8, 4) is 0 Å². The fourth-order valence-corrected chi connectivity index (χ4v) is 5.11. The van der Waals surface area contributed by atoms with Gasteiger partial charge in [0.1, 0.15) is 0 Å². The number of likely N-dealkylation sites (N-methyl/N-ethyl adjacent to an activating group) is 1. The van der Waals surface area contributed by atoms with Crippen LogP contribution in [0.4, 0.5) is 5.69 Å². The van der Waals surface area contributed by atoms with Gasteiger partial charge in [0.25, 0.3) is 5.91 Å². The molecule has 1 aromatic heterocycles. The second-order valence-electron chi connectivity index (χ2n) is 8.77. The van der Waals surface area contributed by atoms with E-state index >= 15 is 0 Å². The monoisotopic (exact) mass is 489 g/mol. The lowest BCUT2D eigenvalue weighted by molar-refractivity contribution is -0.132. The largest absolute Gasteiger partial charge is 0.392 e. The number of unbranched alkanes of at least 4 members (excludes halogenated alkanes) is 1. The number of anilines is 1. The second kappa shape index (κ2) is 11.4. The molecule has 0 bridgehead atoms. The van der Waals surface area contributed by atoms with Crippen molar-refractivity contribution in [1.29, 1.82) is 0 Å². The molecule has 0 fully saturated rings. The zero-order chi connectivity index (χ0) is 24.8. The van der Waals surface area contributed by atoms with Gasteiger partial charge in [-0.15, -0.1) is 11.3 Å². The first-order valence-corrected chi connectivity index (χ1v) is 12.9. The molecule has 0 saturated heterocycles. The minimum absolute atomic E-state index is 0.324. The van der Waals surface area contributed by atoms with Crippen LogP contribution < -0.4 is 10.2 Å². The SMILES string of the molecule is CCCCC(O)C(Cc1cccs1)C(=O)N[C@H]1N=C(c2ccccc2)c2ccccc2N(C)C1=O.